The third-order valence-corrected chi connectivity index (χ3v) is 3.30. The van der Waals surface area contributed by atoms with Crippen LogP contribution in [0.5, 0.6) is 0 Å². The molecule has 0 spiro atoms. The SMILES string of the molecule is CC#CCNC(=O)[C@@H]1CCO[C@H]1c1nccn1CC. The standard InChI is InChI=1S/C14H19N3O2/c1-3-5-7-16-14(18)11-6-10-19-12(11)13-15-8-9-17(13)4-2/h8-9,11-12H,4,6-7,10H2,1-2H3,(H,16,18)/t11-,12-/m1/s1. The van der Waals surface area contributed by atoms with Gasteiger partial charge in [0.25, 0.3) is 0 Å². The molecule has 1 aromatic rings. The van der Waals surface area contributed by atoms with Crippen LogP contribution < -0.4 is 5.32 Å². The summed E-state index contributed by atoms with van der Waals surface area (Å²) >= 11 is 0. The maximum atomic E-state index is 12.1. The highest BCUT2D eigenvalue weighted by Crippen LogP contribution is 2.33. The molecule has 2 heterocycles. The molecule has 0 unspecified atom stereocenters. The number of ether oxygens (including phenoxy) is 1. The number of aryl methyl sites for hydroxylation is 1. The Kier molecular flexibility index (Phi) is 4.58. The average molecular weight is 261 g/mol. The fourth-order valence-electron chi connectivity index (χ4n) is 2.31. The highest BCUT2D eigenvalue weighted by Gasteiger charge is 2.37. The first-order chi connectivity index (χ1) is 9.27. The van der Waals surface area contributed by atoms with Crippen molar-refractivity contribution in [2.75, 3.05) is 13.2 Å². The van der Waals surface area contributed by atoms with Gasteiger partial charge in [0.05, 0.1) is 12.5 Å². The largest absolute Gasteiger partial charge is 0.369 e. The van der Waals surface area contributed by atoms with E-state index in [1.54, 1.807) is 13.1 Å². The number of amides is 1. The predicted octanol–water partition coefficient (Wildman–Crippen LogP) is 1.12. The summed E-state index contributed by atoms with van der Waals surface area (Å²) in [7, 11) is 0. The quantitative estimate of drug-likeness (QED) is 0.826. The lowest BCUT2D eigenvalue weighted by Gasteiger charge is -2.18. The Morgan fingerprint density at radius 2 is 2.53 bits per heavy atom. The van der Waals surface area contributed by atoms with Gasteiger partial charge in [-0.3, -0.25) is 4.79 Å². The zero-order valence-electron chi connectivity index (χ0n) is 11.3. The fraction of sp³-hybridized carbons (Fsp3) is 0.571. The zero-order valence-corrected chi connectivity index (χ0v) is 11.3. The minimum absolute atomic E-state index is 0.00379. The van der Waals surface area contributed by atoms with Crippen LogP contribution in [0.4, 0.5) is 0 Å². The van der Waals surface area contributed by atoms with Gasteiger partial charge in [0.2, 0.25) is 5.91 Å². The van der Waals surface area contributed by atoms with E-state index in [-0.39, 0.29) is 17.9 Å². The molecular formula is C14H19N3O2. The van der Waals surface area contributed by atoms with Crippen LogP contribution in [-0.4, -0.2) is 28.6 Å². The normalized spacial score (nSPS) is 21.8. The van der Waals surface area contributed by atoms with Gasteiger partial charge in [0, 0.05) is 25.5 Å². The van der Waals surface area contributed by atoms with E-state index in [4.69, 9.17) is 4.74 Å². The van der Waals surface area contributed by atoms with Crippen molar-refractivity contribution in [1.29, 1.82) is 0 Å². The number of hydrogen-bond donors (Lipinski definition) is 1. The maximum Gasteiger partial charge on any atom is 0.227 e. The summed E-state index contributed by atoms with van der Waals surface area (Å²) < 4.78 is 7.72. The topological polar surface area (TPSA) is 56.1 Å². The summed E-state index contributed by atoms with van der Waals surface area (Å²) in [6, 6.07) is 0. The van der Waals surface area contributed by atoms with Crippen molar-refractivity contribution in [3.8, 4) is 11.8 Å². The van der Waals surface area contributed by atoms with Crippen LogP contribution >= 0.6 is 0 Å². The molecule has 0 aliphatic carbocycles. The number of imidazole rings is 1. The summed E-state index contributed by atoms with van der Waals surface area (Å²) in [5.41, 5.74) is 0. The van der Waals surface area contributed by atoms with E-state index in [0.29, 0.717) is 13.2 Å². The van der Waals surface area contributed by atoms with Gasteiger partial charge in [-0.05, 0) is 20.3 Å². The van der Waals surface area contributed by atoms with Crippen LogP contribution in [0.15, 0.2) is 12.4 Å². The molecular weight excluding hydrogens is 242 g/mol. The molecule has 2 atom stereocenters. The van der Waals surface area contributed by atoms with Crippen molar-refractivity contribution in [3.05, 3.63) is 18.2 Å². The summed E-state index contributed by atoms with van der Waals surface area (Å²) in [5.74, 6) is 6.25. The first-order valence-electron chi connectivity index (χ1n) is 6.57. The number of nitrogens with one attached hydrogen (secondary N) is 1. The lowest BCUT2D eigenvalue weighted by molar-refractivity contribution is -0.126. The minimum Gasteiger partial charge on any atom is -0.369 e. The van der Waals surface area contributed by atoms with Crippen LogP contribution in [0.1, 0.15) is 32.2 Å². The highest BCUT2D eigenvalue weighted by molar-refractivity contribution is 5.79. The second kappa shape index (κ2) is 6.39. The Morgan fingerprint density at radius 3 is 3.26 bits per heavy atom. The third kappa shape index (κ3) is 2.96. The van der Waals surface area contributed by atoms with Crippen LogP contribution in [0.2, 0.25) is 0 Å². The highest BCUT2D eigenvalue weighted by atomic mass is 16.5. The molecule has 5 heteroatoms. The smallest absolute Gasteiger partial charge is 0.227 e. The number of aromatic nitrogens is 2. The Labute approximate surface area is 113 Å². The number of carbonyl (C=O) groups excluding carboxylic acids is 1. The van der Waals surface area contributed by atoms with Crippen LogP contribution in [0.3, 0.4) is 0 Å². The van der Waals surface area contributed by atoms with Gasteiger partial charge in [0.15, 0.2) is 0 Å². The van der Waals surface area contributed by atoms with E-state index < -0.39 is 0 Å². The summed E-state index contributed by atoms with van der Waals surface area (Å²) in [4.78, 5) is 16.5. The van der Waals surface area contributed by atoms with Crippen LogP contribution in [0.25, 0.3) is 0 Å². The van der Waals surface area contributed by atoms with Gasteiger partial charge in [-0.15, -0.1) is 5.92 Å². The molecule has 102 valence electrons. The molecule has 5 nitrogen and oxygen atoms in total. The summed E-state index contributed by atoms with van der Waals surface area (Å²) in [5, 5.41) is 2.83. The molecule has 1 aromatic heterocycles. The van der Waals surface area contributed by atoms with Crippen LogP contribution in [0, 0.1) is 17.8 Å². The van der Waals surface area contributed by atoms with Crippen molar-refractivity contribution in [2.24, 2.45) is 5.92 Å². The van der Waals surface area contributed by atoms with E-state index in [2.05, 4.69) is 22.1 Å². The van der Waals surface area contributed by atoms with Gasteiger partial charge in [-0.2, -0.15) is 0 Å². The molecule has 1 saturated heterocycles. The van der Waals surface area contributed by atoms with E-state index in [9.17, 15) is 4.79 Å². The van der Waals surface area contributed by atoms with Crippen molar-refractivity contribution < 1.29 is 9.53 Å². The maximum absolute atomic E-state index is 12.1. The van der Waals surface area contributed by atoms with E-state index >= 15 is 0 Å². The van der Waals surface area contributed by atoms with Gasteiger partial charge < -0.3 is 14.6 Å². The molecule has 0 bridgehead atoms. The lowest BCUT2D eigenvalue weighted by Crippen LogP contribution is -2.33. The molecule has 1 fully saturated rings. The zero-order chi connectivity index (χ0) is 13.7. The molecule has 0 saturated carbocycles. The Bertz CT molecular complexity index is 498. The number of nitrogens with zero attached hydrogens (tertiary/aromatic N) is 2. The van der Waals surface area contributed by atoms with Crippen molar-refractivity contribution in [2.45, 2.75) is 32.9 Å². The molecule has 1 aliphatic heterocycles. The van der Waals surface area contributed by atoms with Crippen molar-refractivity contribution >= 4 is 5.91 Å². The Hall–Kier alpha value is -1.80. The average Bonchev–Trinajstić information content (AvgIpc) is 3.06. The second-order valence-corrected chi connectivity index (χ2v) is 4.40. The van der Waals surface area contributed by atoms with E-state index in [1.807, 2.05) is 17.7 Å². The molecule has 1 aliphatic rings. The molecule has 1 N–H and O–H groups in total. The van der Waals surface area contributed by atoms with Gasteiger partial charge in [-0.25, -0.2) is 4.98 Å². The van der Waals surface area contributed by atoms with Crippen molar-refractivity contribution in [3.63, 3.8) is 0 Å². The Morgan fingerprint density at radius 1 is 1.68 bits per heavy atom. The molecule has 1 amide bonds. The molecule has 0 aromatic carbocycles. The van der Waals surface area contributed by atoms with Gasteiger partial charge >= 0.3 is 0 Å². The van der Waals surface area contributed by atoms with Crippen LogP contribution in [-0.2, 0) is 16.1 Å². The molecule has 19 heavy (non-hydrogen) atoms. The third-order valence-electron chi connectivity index (χ3n) is 3.30. The minimum atomic E-state index is -0.246. The number of rotatable bonds is 4. The number of carbonyl (C=O) groups is 1. The van der Waals surface area contributed by atoms with Gasteiger partial charge in [0.1, 0.15) is 11.9 Å². The lowest BCUT2D eigenvalue weighted by atomic mass is 10.00. The first kappa shape index (κ1) is 13.6. The molecule has 2 rings (SSSR count). The van der Waals surface area contributed by atoms with Crippen molar-refractivity contribution in [1.82, 2.24) is 14.9 Å². The predicted molar refractivity (Wildman–Crippen MR) is 71.2 cm³/mol. The van der Waals surface area contributed by atoms with Gasteiger partial charge in [-0.1, -0.05) is 5.92 Å². The number of hydrogen-bond acceptors (Lipinski definition) is 3. The first-order valence-corrected chi connectivity index (χ1v) is 6.57. The van der Waals surface area contributed by atoms with E-state index in [0.717, 1.165) is 18.8 Å². The summed E-state index contributed by atoms with van der Waals surface area (Å²) in [6.07, 6.45) is 4.14. The molecule has 0 radical (unpaired) electrons. The Balaban J connectivity index is 2.07. The second-order valence-electron chi connectivity index (χ2n) is 4.40. The van der Waals surface area contributed by atoms with E-state index in [1.165, 1.54) is 0 Å². The summed E-state index contributed by atoms with van der Waals surface area (Å²) in [6.45, 7) is 5.61. The monoisotopic (exact) mass is 261 g/mol. The fourth-order valence-corrected chi connectivity index (χ4v) is 2.31.